The third-order valence-electron chi connectivity index (χ3n) is 3.85. The molecule has 0 saturated carbocycles. The summed E-state index contributed by atoms with van der Waals surface area (Å²) in [4.78, 5) is 25.5. The van der Waals surface area contributed by atoms with Gasteiger partial charge in [0.05, 0.1) is 22.2 Å². The Balaban J connectivity index is 1.87. The molecule has 0 aliphatic carbocycles. The number of ether oxygens (including phenoxy) is 1. The van der Waals surface area contributed by atoms with Crippen molar-refractivity contribution in [3.05, 3.63) is 86.7 Å². The molecule has 0 fully saturated rings. The number of rotatable bonds is 3. The van der Waals surface area contributed by atoms with Crippen molar-refractivity contribution in [1.82, 2.24) is 0 Å². The van der Waals surface area contributed by atoms with Crippen LogP contribution < -0.4 is 10.2 Å². The fraction of sp³-hybridized carbons (Fsp3) is 0. The second kappa shape index (κ2) is 6.95. The van der Waals surface area contributed by atoms with Gasteiger partial charge in [0.2, 0.25) is 16.9 Å². The highest BCUT2D eigenvalue weighted by molar-refractivity contribution is 6.36. The fourth-order valence-corrected chi connectivity index (χ4v) is 3.08. The maximum Gasteiger partial charge on any atom is 0.345 e. The molecule has 7 heteroatoms. The van der Waals surface area contributed by atoms with Crippen LogP contribution in [-0.4, -0.2) is 5.97 Å². The summed E-state index contributed by atoms with van der Waals surface area (Å²) >= 11 is 11.9. The molecule has 134 valence electrons. The van der Waals surface area contributed by atoms with Gasteiger partial charge in [0.25, 0.3) is 0 Å². The zero-order chi connectivity index (χ0) is 19.0. The first-order valence-electron chi connectivity index (χ1n) is 7.81. The zero-order valence-electron chi connectivity index (χ0n) is 13.6. The number of para-hydroxylation sites is 1. The number of carbonyl (C=O) groups is 1. The maximum atomic E-state index is 12.9. The second-order valence-corrected chi connectivity index (χ2v) is 6.42. The normalized spacial score (nSPS) is 10.9. The molecule has 5 nitrogen and oxygen atoms in total. The molecule has 4 aromatic rings. The first-order chi connectivity index (χ1) is 13.0. The van der Waals surface area contributed by atoms with Gasteiger partial charge < -0.3 is 13.6 Å². The van der Waals surface area contributed by atoms with Gasteiger partial charge in [-0.15, -0.1) is 0 Å². The molecule has 0 amide bonds. The first-order valence-corrected chi connectivity index (χ1v) is 8.57. The molecule has 2 heterocycles. The Morgan fingerprint density at radius 3 is 2.56 bits per heavy atom. The molecule has 4 rings (SSSR count). The predicted octanol–water partition coefficient (Wildman–Crippen LogP) is 5.58. The van der Waals surface area contributed by atoms with Crippen molar-refractivity contribution in [3.63, 3.8) is 0 Å². The average Bonchev–Trinajstić information content (AvgIpc) is 3.18. The van der Waals surface area contributed by atoms with Gasteiger partial charge in [0.1, 0.15) is 5.58 Å². The molecule has 0 aliphatic heterocycles. The molecule has 0 spiro atoms. The van der Waals surface area contributed by atoms with Crippen LogP contribution in [0, 0.1) is 0 Å². The summed E-state index contributed by atoms with van der Waals surface area (Å²) in [5, 5.41) is 0.757. The van der Waals surface area contributed by atoms with Crippen molar-refractivity contribution in [1.29, 1.82) is 0 Å². The molecule has 2 aromatic heterocycles. The van der Waals surface area contributed by atoms with Gasteiger partial charge in [-0.1, -0.05) is 35.3 Å². The Labute approximate surface area is 162 Å². The Kier molecular flexibility index (Phi) is 4.48. The van der Waals surface area contributed by atoms with E-state index in [1.807, 2.05) is 0 Å². The lowest BCUT2D eigenvalue weighted by Gasteiger charge is -2.09. The van der Waals surface area contributed by atoms with E-state index in [1.165, 1.54) is 24.5 Å². The molecule has 0 atom stereocenters. The second-order valence-electron chi connectivity index (χ2n) is 5.58. The van der Waals surface area contributed by atoms with Crippen LogP contribution in [0.25, 0.3) is 22.5 Å². The van der Waals surface area contributed by atoms with Crippen LogP contribution in [0.1, 0.15) is 10.4 Å². The van der Waals surface area contributed by atoms with Crippen molar-refractivity contribution in [2.75, 3.05) is 0 Å². The summed E-state index contributed by atoms with van der Waals surface area (Å²) < 4.78 is 16.5. The van der Waals surface area contributed by atoms with E-state index in [1.54, 1.807) is 36.4 Å². The van der Waals surface area contributed by atoms with Gasteiger partial charge in [0.15, 0.2) is 5.76 Å². The van der Waals surface area contributed by atoms with Crippen molar-refractivity contribution in [3.8, 4) is 17.3 Å². The standard InChI is InChI=1S/C20H10Cl2O5/c21-11-7-8-12(14(22)10-11)20(24)27-19-17(23)13-4-1-2-5-15(13)26-18(19)16-6-3-9-25-16/h1-10H. The van der Waals surface area contributed by atoms with Crippen LogP contribution in [0.4, 0.5) is 0 Å². The summed E-state index contributed by atoms with van der Waals surface area (Å²) in [5.41, 5.74) is -0.0843. The van der Waals surface area contributed by atoms with Crippen molar-refractivity contribution < 1.29 is 18.4 Å². The quantitative estimate of drug-likeness (QED) is 0.419. The Hall–Kier alpha value is -3.02. The topological polar surface area (TPSA) is 69.7 Å². The maximum absolute atomic E-state index is 12.9. The van der Waals surface area contributed by atoms with E-state index >= 15 is 0 Å². The molecule has 0 aliphatic rings. The molecule has 0 saturated heterocycles. The summed E-state index contributed by atoms with van der Waals surface area (Å²) in [6.45, 7) is 0. The van der Waals surface area contributed by atoms with Crippen molar-refractivity contribution in [2.24, 2.45) is 0 Å². The lowest BCUT2D eigenvalue weighted by molar-refractivity contribution is 0.0731. The minimum atomic E-state index is -0.813. The van der Waals surface area contributed by atoms with Gasteiger partial charge >= 0.3 is 5.97 Å². The van der Waals surface area contributed by atoms with Gasteiger partial charge in [0, 0.05) is 5.02 Å². The fourth-order valence-electron chi connectivity index (χ4n) is 2.59. The van der Waals surface area contributed by atoms with Crippen LogP contribution in [0.2, 0.25) is 10.0 Å². The van der Waals surface area contributed by atoms with E-state index in [4.69, 9.17) is 36.8 Å². The molecular weight excluding hydrogens is 391 g/mol. The lowest BCUT2D eigenvalue weighted by atomic mass is 10.2. The van der Waals surface area contributed by atoms with Crippen LogP contribution in [0.5, 0.6) is 5.75 Å². The van der Waals surface area contributed by atoms with E-state index in [0.717, 1.165) is 0 Å². The number of furan rings is 1. The number of hydrogen-bond donors (Lipinski definition) is 0. The third kappa shape index (κ3) is 3.23. The lowest BCUT2D eigenvalue weighted by Crippen LogP contribution is -2.16. The summed E-state index contributed by atoms with van der Waals surface area (Å²) in [7, 11) is 0. The van der Waals surface area contributed by atoms with Crippen LogP contribution in [0.15, 0.2) is 74.5 Å². The molecule has 0 unspecified atom stereocenters. The molecule has 0 bridgehead atoms. The third-order valence-corrected chi connectivity index (χ3v) is 4.39. The molecule has 0 N–H and O–H groups in total. The number of halogens is 2. The van der Waals surface area contributed by atoms with E-state index in [-0.39, 0.29) is 33.2 Å². The van der Waals surface area contributed by atoms with Gasteiger partial charge in [-0.05, 0) is 42.5 Å². The first kappa shape index (κ1) is 17.4. The largest absolute Gasteiger partial charge is 0.461 e. The van der Waals surface area contributed by atoms with Crippen LogP contribution >= 0.6 is 23.2 Å². The summed E-state index contributed by atoms with van der Waals surface area (Å²) in [5.74, 6) is -0.822. The van der Waals surface area contributed by atoms with Gasteiger partial charge in [-0.25, -0.2) is 4.79 Å². The van der Waals surface area contributed by atoms with E-state index in [2.05, 4.69) is 0 Å². The predicted molar refractivity (Wildman–Crippen MR) is 102 cm³/mol. The number of esters is 1. The zero-order valence-corrected chi connectivity index (χ0v) is 15.1. The van der Waals surface area contributed by atoms with E-state index < -0.39 is 11.4 Å². The molecular formula is C20H10Cl2O5. The number of hydrogen-bond acceptors (Lipinski definition) is 5. The highest BCUT2D eigenvalue weighted by Gasteiger charge is 2.23. The molecule has 2 aromatic carbocycles. The number of carbonyl (C=O) groups excluding carboxylic acids is 1. The minimum absolute atomic E-state index is 0.0159. The smallest absolute Gasteiger partial charge is 0.345 e. The molecule has 0 radical (unpaired) electrons. The van der Waals surface area contributed by atoms with E-state index in [9.17, 15) is 9.59 Å². The number of fused-ring (bicyclic) bond motifs is 1. The van der Waals surface area contributed by atoms with Gasteiger partial charge in [-0.3, -0.25) is 4.79 Å². The van der Waals surface area contributed by atoms with Crippen LogP contribution in [-0.2, 0) is 0 Å². The number of benzene rings is 2. The Morgan fingerprint density at radius 2 is 1.81 bits per heavy atom. The average molecular weight is 401 g/mol. The summed E-state index contributed by atoms with van der Waals surface area (Å²) in [6, 6.07) is 14.2. The molecule has 27 heavy (non-hydrogen) atoms. The highest BCUT2D eigenvalue weighted by Crippen LogP contribution is 2.32. The minimum Gasteiger partial charge on any atom is -0.461 e. The monoisotopic (exact) mass is 400 g/mol. The SMILES string of the molecule is O=C(Oc1c(-c2ccco2)oc2ccccc2c1=O)c1ccc(Cl)cc1Cl. The van der Waals surface area contributed by atoms with Crippen LogP contribution in [0.3, 0.4) is 0 Å². The highest BCUT2D eigenvalue weighted by atomic mass is 35.5. The van der Waals surface area contributed by atoms with Gasteiger partial charge in [-0.2, -0.15) is 0 Å². The van der Waals surface area contributed by atoms with Crippen molar-refractivity contribution >= 4 is 40.1 Å². The van der Waals surface area contributed by atoms with Crippen molar-refractivity contribution in [2.45, 2.75) is 0 Å². The van der Waals surface area contributed by atoms with E-state index in [0.29, 0.717) is 10.6 Å². The Bertz CT molecular complexity index is 1210. The summed E-state index contributed by atoms with van der Waals surface area (Å²) in [6.07, 6.45) is 1.42. The Morgan fingerprint density at radius 1 is 1.00 bits per heavy atom.